The normalized spacial score (nSPS) is 23.8. The minimum Gasteiger partial charge on any atom is -0.463 e. The van der Waals surface area contributed by atoms with Crippen molar-refractivity contribution < 1.29 is 28.7 Å². The van der Waals surface area contributed by atoms with Gasteiger partial charge < -0.3 is 25.0 Å². The van der Waals surface area contributed by atoms with Gasteiger partial charge >= 0.3 is 12.1 Å². The fourth-order valence-corrected chi connectivity index (χ4v) is 3.78. The second-order valence-electron chi connectivity index (χ2n) is 8.78. The molecule has 0 radical (unpaired) electrons. The van der Waals surface area contributed by atoms with Gasteiger partial charge in [-0.15, -0.1) is 0 Å². The number of ether oxygens (including phenoxy) is 2. The lowest BCUT2D eigenvalue weighted by Crippen LogP contribution is -2.58. The lowest BCUT2D eigenvalue weighted by molar-refractivity contribution is -0.156. The van der Waals surface area contributed by atoms with E-state index in [1.165, 1.54) is 4.90 Å². The lowest BCUT2D eigenvalue weighted by Gasteiger charge is -2.34. The molecule has 2 aliphatic rings. The number of rotatable bonds is 4. The Morgan fingerprint density at radius 2 is 1.87 bits per heavy atom. The van der Waals surface area contributed by atoms with Gasteiger partial charge in [0.1, 0.15) is 24.3 Å². The molecule has 0 bridgehead atoms. The molecule has 0 saturated carbocycles. The Morgan fingerprint density at radius 3 is 2.55 bits per heavy atom. The summed E-state index contributed by atoms with van der Waals surface area (Å²) in [5, 5.41) is 5.34. The number of esters is 1. The predicted molar refractivity (Wildman–Crippen MR) is 111 cm³/mol. The molecule has 0 aromatic heterocycles. The molecule has 9 nitrogen and oxygen atoms in total. The van der Waals surface area contributed by atoms with Crippen LogP contribution >= 0.6 is 0 Å². The standard InChI is InChI=1S/C22H29N3O6/c1-22(2,3)31-21(29)24-16-11-18(26)30-13-15-9-10-17(25(15)20(16)28)19(27)23-12-14-7-5-4-6-8-14/h4-8,15-17H,9-13H2,1-3H3,(H,23,27)(H,24,29)/t15-,16+,17+/m1/s1. The number of cyclic esters (lactones) is 1. The third-order valence-corrected chi connectivity index (χ3v) is 5.17. The van der Waals surface area contributed by atoms with E-state index in [1.54, 1.807) is 20.8 Å². The SMILES string of the molecule is CC(C)(C)OC(=O)N[C@H]1CC(=O)OC[C@H]2CC[C@@H](C(=O)NCc3ccccc3)N2C1=O. The number of hydrogen-bond acceptors (Lipinski definition) is 6. The van der Waals surface area contributed by atoms with Crippen LogP contribution in [0.1, 0.15) is 45.6 Å². The number of carbonyl (C=O) groups is 4. The number of hydrogen-bond donors (Lipinski definition) is 2. The summed E-state index contributed by atoms with van der Waals surface area (Å²) in [6, 6.07) is 7.20. The second kappa shape index (κ2) is 9.36. The largest absolute Gasteiger partial charge is 0.463 e. The number of benzene rings is 1. The number of amides is 3. The molecule has 0 unspecified atom stereocenters. The van der Waals surface area contributed by atoms with E-state index in [1.807, 2.05) is 30.3 Å². The molecule has 2 saturated heterocycles. The Balaban J connectivity index is 1.72. The quantitative estimate of drug-likeness (QED) is 0.699. The van der Waals surface area contributed by atoms with Crippen molar-refractivity contribution >= 4 is 23.9 Å². The van der Waals surface area contributed by atoms with Gasteiger partial charge in [0.05, 0.1) is 12.5 Å². The zero-order chi connectivity index (χ0) is 22.6. The maximum absolute atomic E-state index is 13.3. The van der Waals surface area contributed by atoms with Crippen molar-refractivity contribution in [2.24, 2.45) is 0 Å². The highest BCUT2D eigenvalue weighted by Crippen LogP contribution is 2.28. The zero-order valence-electron chi connectivity index (χ0n) is 18.1. The van der Waals surface area contributed by atoms with E-state index in [0.29, 0.717) is 19.4 Å². The Labute approximate surface area is 181 Å². The van der Waals surface area contributed by atoms with Crippen LogP contribution in [0.15, 0.2) is 30.3 Å². The molecule has 0 spiro atoms. The molecule has 3 amide bonds. The van der Waals surface area contributed by atoms with Crippen LogP contribution in [0.5, 0.6) is 0 Å². The zero-order valence-corrected chi connectivity index (χ0v) is 18.1. The van der Waals surface area contributed by atoms with E-state index < -0.39 is 41.7 Å². The number of nitrogens with one attached hydrogen (secondary N) is 2. The molecule has 2 fully saturated rings. The number of alkyl carbamates (subject to hydrolysis) is 1. The van der Waals surface area contributed by atoms with Gasteiger partial charge in [0.2, 0.25) is 11.8 Å². The average Bonchev–Trinajstić information content (AvgIpc) is 3.11. The van der Waals surface area contributed by atoms with Crippen LogP contribution in [-0.4, -0.2) is 59.1 Å². The van der Waals surface area contributed by atoms with Gasteiger partial charge in [-0.1, -0.05) is 30.3 Å². The first kappa shape index (κ1) is 22.6. The van der Waals surface area contributed by atoms with Gasteiger partial charge in [0, 0.05) is 6.54 Å². The summed E-state index contributed by atoms with van der Waals surface area (Å²) >= 11 is 0. The second-order valence-corrected chi connectivity index (χ2v) is 8.78. The fourth-order valence-electron chi connectivity index (χ4n) is 3.78. The van der Waals surface area contributed by atoms with Gasteiger partial charge in [-0.3, -0.25) is 14.4 Å². The van der Waals surface area contributed by atoms with Crippen molar-refractivity contribution in [2.75, 3.05) is 6.61 Å². The average molecular weight is 431 g/mol. The van der Waals surface area contributed by atoms with Crippen molar-refractivity contribution in [3.63, 3.8) is 0 Å². The summed E-state index contributed by atoms with van der Waals surface area (Å²) < 4.78 is 10.5. The minimum atomic E-state index is -1.16. The van der Waals surface area contributed by atoms with E-state index in [4.69, 9.17) is 9.47 Å². The van der Waals surface area contributed by atoms with Crippen molar-refractivity contribution in [3.8, 4) is 0 Å². The van der Waals surface area contributed by atoms with Gasteiger partial charge in [0.25, 0.3) is 0 Å². The summed E-state index contributed by atoms with van der Waals surface area (Å²) in [6.45, 7) is 5.48. The maximum atomic E-state index is 13.3. The fraction of sp³-hybridized carbons (Fsp3) is 0.545. The summed E-state index contributed by atoms with van der Waals surface area (Å²) in [5.74, 6) is -1.33. The van der Waals surface area contributed by atoms with E-state index in [-0.39, 0.29) is 18.9 Å². The molecule has 31 heavy (non-hydrogen) atoms. The molecule has 1 aromatic carbocycles. The van der Waals surface area contributed by atoms with Crippen LogP contribution in [0.3, 0.4) is 0 Å². The molecule has 168 valence electrons. The van der Waals surface area contributed by atoms with Crippen LogP contribution < -0.4 is 10.6 Å². The topological polar surface area (TPSA) is 114 Å². The first-order valence-electron chi connectivity index (χ1n) is 10.4. The van der Waals surface area contributed by atoms with Crippen molar-refractivity contribution in [2.45, 2.75) is 70.3 Å². The maximum Gasteiger partial charge on any atom is 0.408 e. The summed E-state index contributed by atoms with van der Waals surface area (Å²) in [7, 11) is 0. The third kappa shape index (κ3) is 5.96. The van der Waals surface area contributed by atoms with Crippen molar-refractivity contribution in [3.05, 3.63) is 35.9 Å². The molecular weight excluding hydrogens is 402 g/mol. The van der Waals surface area contributed by atoms with Gasteiger partial charge in [-0.05, 0) is 39.2 Å². The van der Waals surface area contributed by atoms with Gasteiger partial charge in [-0.2, -0.15) is 0 Å². The Kier molecular flexibility index (Phi) is 6.82. The van der Waals surface area contributed by atoms with E-state index in [0.717, 1.165) is 5.56 Å². The minimum absolute atomic E-state index is 0.0339. The smallest absolute Gasteiger partial charge is 0.408 e. The molecule has 3 atom stereocenters. The monoisotopic (exact) mass is 431 g/mol. The highest BCUT2D eigenvalue weighted by molar-refractivity contribution is 5.94. The number of carbonyl (C=O) groups excluding carboxylic acids is 4. The van der Waals surface area contributed by atoms with Crippen molar-refractivity contribution in [1.82, 2.24) is 15.5 Å². The van der Waals surface area contributed by atoms with Crippen LogP contribution in [0, 0.1) is 0 Å². The van der Waals surface area contributed by atoms with E-state index in [9.17, 15) is 19.2 Å². The van der Waals surface area contributed by atoms with Gasteiger partial charge in [0.15, 0.2) is 0 Å². The molecule has 2 N–H and O–H groups in total. The lowest BCUT2D eigenvalue weighted by atomic mass is 10.1. The highest BCUT2D eigenvalue weighted by Gasteiger charge is 2.45. The Morgan fingerprint density at radius 1 is 1.16 bits per heavy atom. The Hall–Kier alpha value is -3.10. The summed E-state index contributed by atoms with van der Waals surface area (Å²) in [5.41, 5.74) is 0.188. The molecule has 9 heteroatoms. The molecule has 1 aromatic rings. The van der Waals surface area contributed by atoms with E-state index >= 15 is 0 Å². The Bertz CT molecular complexity index is 835. The molecule has 2 aliphatic heterocycles. The molecule has 2 heterocycles. The number of nitrogens with zero attached hydrogens (tertiary/aromatic N) is 1. The molecule has 0 aliphatic carbocycles. The first-order valence-corrected chi connectivity index (χ1v) is 10.4. The van der Waals surface area contributed by atoms with Crippen LogP contribution in [0.2, 0.25) is 0 Å². The van der Waals surface area contributed by atoms with E-state index in [2.05, 4.69) is 10.6 Å². The number of fused-ring (bicyclic) bond motifs is 1. The van der Waals surface area contributed by atoms with Gasteiger partial charge in [-0.25, -0.2) is 4.79 Å². The van der Waals surface area contributed by atoms with Crippen LogP contribution in [0.25, 0.3) is 0 Å². The summed E-state index contributed by atoms with van der Waals surface area (Å²) in [4.78, 5) is 51.9. The summed E-state index contributed by atoms with van der Waals surface area (Å²) in [6.07, 6.45) is -0.144. The first-order chi connectivity index (χ1) is 14.6. The van der Waals surface area contributed by atoms with Crippen molar-refractivity contribution in [1.29, 1.82) is 0 Å². The predicted octanol–water partition coefficient (Wildman–Crippen LogP) is 1.50. The van der Waals surface area contributed by atoms with Crippen LogP contribution in [-0.2, 0) is 30.4 Å². The van der Waals surface area contributed by atoms with Crippen LogP contribution in [0.4, 0.5) is 4.79 Å². The highest BCUT2D eigenvalue weighted by atomic mass is 16.6. The molecule has 3 rings (SSSR count). The molecular formula is C22H29N3O6. The third-order valence-electron chi connectivity index (χ3n) is 5.17.